The number of morpholine rings is 1. The molecule has 1 saturated heterocycles. The zero-order valence-electron chi connectivity index (χ0n) is 8.65. The molecule has 0 amide bonds. The molecule has 1 aliphatic heterocycles. The number of anilines is 1. The molecule has 82 valence electrons. The maximum absolute atomic E-state index is 9.29. The van der Waals surface area contributed by atoms with Crippen molar-refractivity contribution in [3.05, 3.63) is 23.8 Å². The predicted octanol–water partition coefficient (Wildman–Crippen LogP) is 0.807. The summed E-state index contributed by atoms with van der Waals surface area (Å²) >= 11 is 0. The Bertz CT molecular complexity index is 335. The molecule has 4 heteroatoms. The van der Waals surface area contributed by atoms with Gasteiger partial charge in [0, 0.05) is 19.6 Å². The standard InChI is InChI=1S/C11H16N2O2/c12-10-7-9(1-2-11(10)14)8-13-3-5-15-6-4-13/h1-2,7,14H,3-6,8,12H2. The number of ether oxygens (including phenoxy) is 1. The number of phenols is 1. The Hall–Kier alpha value is -1.26. The lowest BCUT2D eigenvalue weighted by molar-refractivity contribution is 0.0342. The van der Waals surface area contributed by atoms with Crippen LogP contribution in [0.4, 0.5) is 5.69 Å². The van der Waals surface area contributed by atoms with Crippen molar-refractivity contribution in [1.82, 2.24) is 4.90 Å². The lowest BCUT2D eigenvalue weighted by Crippen LogP contribution is -2.35. The van der Waals surface area contributed by atoms with Crippen LogP contribution in [0.25, 0.3) is 0 Å². The van der Waals surface area contributed by atoms with E-state index in [1.165, 1.54) is 0 Å². The highest BCUT2D eigenvalue weighted by Crippen LogP contribution is 2.21. The van der Waals surface area contributed by atoms with E-state index in [9.17, 15) is 5.11 Å². The van der Waals surface area contributed by atoms with Crippen LogP contribution in [0.2, 0.25) is 0 Å². The van der Waals surface area contributed by atoms with Crippen molar-refractivity contribution in [2.75, 3.05) is 32.0 Å². The second kappa shape index (κ2) is 4.51. The molecule has 15 heavy (non-hydrogen) atoms. The average Bonchev–Trinajstić information content (AvgIpc) is 2.25. The van der Waals surface area contributed by atoms with Gasteiger partial charge in [0.15, 0.2) is 0 Å². The van der Waals surface area contributed by atoms with E-state index in [-0.39, 0.29) is 5.75 Å². The number of nitrogens with zero attached hydrogens (tertiary/aromatic N) is 1. The third-order valence-electron chi connectivity index (χ3n) is 2.60. The smallest absolute Gasteiger partial charge is 0.138 e. The van der Waals surface area contributed by atoms with Gasteiger partial charge in [0.1, 0.15) is 5.75 Å². The molecule has 1 heterocycles. The summed E-state index contributed by atoms with van der Waals surface area (Å²) in [5, 5.41) is 9.29. The normalized spacial score (nSPS) is 17.9. The van der Waals surface area contributed by atoms with Gasteiger partial charge in [-0.2, -0.15) is 0 Å². The highest BCUT2D eigenvalue weighted by atomic mass is 16.5. The SMILES string of the molecule is Nc1cc(CN2CCOCC2)ccc1O. The van der Waals surface area contributed by atoms with Gasteiger partial charge >= 0.3 is 0 Å². The molecule has 1 aromatic carbocycles. The van der Waals surface area contributed by atoms with Crippen LogP contribution in [0.3, 0.4) is 0 Å². The Morgan fingerprint density at radius 1 is 1.33 bits per heavy atom. The van der Waals surface area contributed by atoms with Gasteiger partial charge < -0.3 is 15.6 Å². The number of nitrogen functional groups attached to an aromatic ring is 1. The lowest BCUT2D eigenvalue weighted by atomic mass is 10.1. The van der Waals surface area contributed by atoms with Gasteiger partial charge in [0.05, 0.1) is 18.9 Å². The second-order valence-corrected chi connectivity index (χ2v) is 3.78. The Labute approximate surface area is 89.3 Å². The summed E-state index contributed by atoms with van der Waals surface area (Å²) in [6.07, 6.45) is 0. The van der Waals surface area contributed by atoms with Crippen LogP contribution >= 0.6 is 0 Å². The van der Waals surface area contributed by atoms with Crippen LogP contribution in [0.1, 0.15) is 5.56 Å². The molecule has 4 nitrogen and oxygen atoms in total. The zero-order chi connectivity index (χ0) is 10.7. The van der Waals surface area contributed by atoms with E-state index in [4.69, 9.17) is 10.5 Å². The van der Waals surface area contributed by atoms with Gasteiger partial charge in [0.2, 0.25) is 0 Å². The fraction of sp³-hybridized carbons (Fsp3) is 0.455. The van der Waals surface area contributed by atoms with Gasteiger partial charge in [-0.3, -0.25) is 4.90 Å². The Kier molecular flexibility index (Phi) is 3.08. The van der Waals surface area contributed by atoms with Gasteiger partial charge in [-0.05, 0) is 17.7 Å². The summed E-state index contributed by atoms with van der Waals surface area (Å²) in [6.45, 7) is 4.39. The molecule has 1 aliphatic rings. The Balaban J connectivity index is 2.00. The van der Waals surface area contributed by atoms with Crippen LogP contribution in [-0.4, -0.2) is 36.3 Å². The van der Waals surface area contributed by atoms with Crippen LogP contribution in [-0.2, 0) is 11.3 Å². The molecule has 1 aromatic rings. The number of rotatable bonds is 2. The van der Waals surface area contributed by atoms with E-state index < -0.39 is 0 Å². The molecule has 0 atom stereocenters. The van der Waals surface area contributed by atoms with Crippen LogP contribution in [0.5, 0.6) is 5.75 Å². The number of hydrogen-bond donors (Lipinski definition) is 2. The molecular weight excluding hydrogens is 192 g/mol. The van der Waals surface area contributed by atoms with E-state index in [0.717, 1.165) is 38.4 Å². The maximum Gasteiger partial charge on any atom is 0.138 e. The fourth-order valence-electron chi connectivity index (χ4n) is 1.72. The molecule has 3 N–H and O–H groups in total. The first-order valence-corrected chi connectivity index (χ1v) is 5.13. The summed E-state index contributed by atoms with van der Waals surface area (Å²) in [4.78, 5) is 2.31. The Morgan fingerprint density at radius 3 is 2.73 bits per heavy atom. The van der Waals surface area contributed by atoms with Crippen LogP contribution in [0.15, 0.2) is 18.2 Å². The van der Waals surface area contributed by atoms with Crippen molar-refractivity contribution in [3.63, 3.8) is 0 Å². The van der Waals surface area contributed by atoms with E-state index in [1.807, 2.05) is 12.1 Å². The first-order valence-electron chi connectivity index (χ1n) is 5.13. The second-order valence-electron chi connectivity index (χ2n) is 3.78. The number of aromatic hydroxyl groups is 1. The van der Waals surface area contributed by atoms with Crippen molar-refractivity contribution >= 4 is 5.69 Å². The fourth-order valence-corrected chi connectivity index (χ4v) is 1.72. The molecule has 0 spiro atoms. The van der Waals surface area contributed by atoms with E-state index in [2.05, 4.69) is 4.90 Å². The highest BCUT2D eigenvalue weighted by molar-refractivity contribution is 5.53. The number of benzene rings is 1. The number of hydrogen-bond acceptors (Lipinski definition) is 4. The number of phenolic OH excluding ortho intramolecular Hbond substituents is 1. The van der Waals surface area contributed by atoms with E-state index in [1.54, 1.807) is 6.07 Å². The zero-order valence-corrected chi connectivity index (χ0v) is 8.65. The van der Waals surface area contributed by atoms with Gasteiger partial charge in [-0.1, -0.05) is 6.07 Å². The largest absolute Gasteiger partial charge is 0.506 e. The van der Waals surface area contributed by atoms with Gasteiger partial charge in [-0.25, -0.2) is 0 Å². The summed E-state index contributed by atoms with van der Waals surface area (Å²) in [5.41, 5.74) is 7.21. The van der Waals surface area contributed by atoms with Crippen molar-refractivity contribution in [2.45, 2.75) is 6.54 Å². The monoisotopic (exact) mass is 208 g/mol. The maximum atomic E-state index is 9.29. The third kappa shape index (κ3) is 2.61. The van der Waals surface area contributed by atoms with Crippen LogP contribution in [0, 0.1) is 0 Å². The molecule has 0 aliphatic carbocycles. The highest BCUT2D eigenvalue weighted by Gasteiger charge is 2.10. The summed E-state index contributed by atoms with van der Waals surface area (Å²) in [6, 6.07) is 5.37. The minimum Gasteiger partial charge on any atom is -0.506 e. The average molecular weight is 208 g/mol. The Morgan fingerprint density at radius 2 is 2.07 bits per heavy atom. The minimum atomic E-state index is 0.153. The summed E-state index contributed by atoms with van der Waals surface area (Å²) < 4.78 is 5.27. The first kappa shape index (κ1) is 10.3. The first-order chi connectivity index (χ1) is 7.25. The molecule has 1 fully saturated rings. The molecule has 0 aromatic heterocycles. The minimum absolute atomic E-state index is 0.153. The van der Waals surface area contributed by atoms with Crippen molar-refractivity contribution in [2.24, 2.45) is 0 Å². The van der Waals surface area contributed by atoms with Gasteiger partial charge in [0.25, 0.3) is 0 Å². The van der Waals surface area contributed by atoms with Crippen molar-refractivity contribution < 1.29 is 9.84 Å². The summed E-state index contributed by atoms with van der Waals surface area (Å²) in [5.74, 6) is 0.153. The third-order valence-corrected chi connectivity index (χ3v) is 2.60. The van der Waals surface area contributed by atoms with Gasteiger partial charge in [-0.15, -0.1) is 0 Å². The molecule has 0 unspecified atom stereocenters. The molecule has 0 radical (unpaired) electrons. The van der Waals surface area contributed by atoms with Crippen molar-refractivity contribution in [1.29, 1.82) is 0 Å². The molecule has 0 bridgehead atoms. The molecular formula is C11H16N2O2. The molecule has 2 rings (SSSR count). The van der Waals surface area contributed by atoms with E-state index >= 15 is 0 Å². The van der Waals surface area contributed by atoms with Crippen LogP contribution < -0.4 is 5.73 Å². The number of nitrogens with two attached hydrogens (primary N) is 1. The predicted molar refractivity (Wildman–Crippen MR) is 58.6 cm³/mol. The quantitative estimate of drug-likeness (QED) is 0.557. The molecule has 0 saturated carbocycles. The lowest BCUT2D eigenvalue weighted by Gasteiger charge is -2.26. The topological polar surface area (TPSA) is 58.7 Å². The summed E-state index contributed by atoms with van der Waals surface area (Å²) in [7, 11) is 0. The van der Waals surface area contributed by atoms with Crippen molar-refractivity contribution in [3.8, 4) is 5.75 Å². The van der Waals surface area contributed by atoms with E-state index in [0.29, 0.717) is 5.69 Å².